The fourth-order valence-electron chi connectivity index (χ4n) is 3.68. The number of rotatable bonds is 3. The average Bonchev–Trinajstić information content (AvgIpc) is 2.52. The maximum atomic E-state index is 12.1. The minimum absolute atomic E-state index is 0.310. The summed E-state index contributed by atoms with van der Waals surface area (Å²) in [6.07, 6.45) is 12.3. The quantitative estimate of drug-likeness (QED) is 0.754. The molecule has 2 aliphatic carbocycles. The second kappa shape index (κ2) is 6.08. The predicted molar refractivity (Wildman–Crippen MR) is 75.4 cm³/mol. The van der Waals surface area contributed by atoms with E-state index in [0.717, 1.165) is 12.8 Å². The molecule has 0 radical (unpaired) electrons. The van der Waals surface area contributed by atoms with Crippen molar-refractivity contribution >= 4 is 5.91 Å². The molecule has 18 heavy (non-hydrogen) atoms. The highest BCUT2D eigenvalue weighted by atomic mass is 16.1. The van der Waals surface area contributed by atoms with E-state index in [1.54, 1.807) is 0 Å². The van der Waals surface area contributed by atoms with Gasteiger partial charge < -0.3 is 5.32 Å². The molecule has 2 saturated carbocycles. The zero-order valence-electron chi connectivity index (χ0n) is 12.1. The van der Waals surface area contributed by atoms with E-state index in [2.05, 4.69) is 19.2 Å². The second-order valence-corrected chi connectivity index (χ2v) is 7.23. The fourth-order valence-corrected chi connectivity index (χ4v) is 3.68. The summed E-state index contributed by atoms with van der Waals surface area (Å²) in [5.41, 5.74) is 0.431. The van der Waals surface area contributed by atoms with Crippen molar-refractivity contribution in [3.8, 4) is 0 Å². The smallest absolute Gasteiger partial charge is 0.220 e. The lowest BCUT2D eigenvalue weighted by atomic mass is 9.91. The molecule has 0 aromatic rings. The van der Waals surface area contributed by atoms with Crippen LogP contribution in [0.2, 0.25) is 0 Å². The van der Waals surface area contributed by atoms with Crippen LogP contribution in [0.4, 0.5) is 0 Å². The highest BCUT2D eigenvalue weighted by molar-refractivity contribution is 5.76. The molecule has 2 fully saturated rings. The van der Waals surface area contributed by atoms with Crippen molar-refractivity contribution in [2.45, 2.75) is 84.1 Å². The van der Waals surface area contributed by atoms with Crippen LogP contribution < -0.4 is 5.32 Å². The Bertz CT molecular complexity index is 268. The monoisotopic (exact) mass is 251 g/mol. The lowest BCUT2D eigenvalue weighted by molar-refractivity contribution is -0.122. The van der Waals surface area contributed by atoms with Crippen molar-refractivity contribution in [2.24, 2.45) is 11.3 Å². The molecular formula is C16H29NO. The average molecular weight is 251 g/mol. The summed E-state index contributed by atoms with van der Waals surface area (Å²) in [5.74, 6) is 0.964. The lowest BCUT2D eigenvalue weighted by Crippen LogP contribution is -2.34. The van der Waals surface area contributed by atoms with Gasteiger partial charge in [0.05, 0.1) is 0 Å². The summed E-state index contributed by atoms with van der Waals surface area (Å²) in [6.45, 7) is 4.62. The molecule has 0 aromatic carbocycles. The molecule has 2 aliphatic rings. The Morgan fingerprint density at radius 2 is 1.78 bits per heavy atom. The van der Waals surface area contributed by atoms with E-state index in [-0.39, 0.29) is 0 Å². The predicted octanol–water partition coefficient (Wildman–Crippen LogP) is 4.04. The van der Waals surface area contributed by atoms with Gasteiger partial charge >= 0.3 is 0 Å². The zero-order chi connectivity index (χ0) is 13.0. The maximum absolute atomic E-state index is 12.1. The third kappa shape index (κ3) is 4.29. The van der Waals surface area contributed by atoms with Crippen LogP contribution in [0.25, 0.3) is 0 Å². The number of carbonyl (C=O) groups excluding carboxylic acids is 1. The minimum Gasteiger partial charge on any atom is -0.353 e. The molecule has 0 heterocycles. The third-order valence-electron chi connectivity index (χ3n) is 4.78. The van der Waals surface area contributed by atoms with E-state index in [1.807, 2.05) is 0 Å². The van der Waals surface area contributed by atoms with E-state index in [9.17, 15) is 4.79 Å². The Morgan fingerprint density at radius 1 is 1.11 bits per heavy atom. The third-order valence-corrected chi connectivity index (χ3v) is 4.78. The van der Waals surface area contributed by atoms with Gasteiger partial charge in [-0.1, -0.05) is 39.5 Å². The molecule has 0 aromatic heterocycles. The van der Waals surface area contributed by atoms with Crippen LogP contribution in [-0.4, -0.2) is 11.9 Å². The number of carbonyl (C=O) groups is 1. The molecule has 0 bridgehead atoms. The molecule has 1 unspecified atom stereocenters. The Hall–Kier alpha value is -0.530. The van der Waals surface area contributed by atoms with Crippen molar-refractivity contribution in [3.05, 3.63) is 0 Å². The van der Waals surface area contributed by atoms with Crippen LogP contribution >= 0.6 is 0 Å². The molecule has 1 atom stereocenters. The van der Waals surface area contributed by atoms with E-state index in [1.165, 1.54) is 51.4 Å². The minimum atomic E-state index is 0.310. The van der Waals surface area contributed by atoms with E-state index < -0.39 is 0 Å². The van der Waals surface area contributed by atoms with Crippen molar-refractivity contribution in [1.82, 2.24) is 5.32 Å². The molecule has 104 valence electrons. The number of hydrogen-bond donors (Lipinski definition) is 1. The van der Waals surface area contributed by atoms with Crippen molar-refractivity contribution in [1.29, 1.82) is 0 Å². The van der Waals surface area contributed by atoms with Gasteiger partial charge in [-0.25, -0.2) is 0 Å². The topological polar surface area (TPSA) is 29.1 Å². The largest absolute Gasteiger partial charge is 0.353 e. The van der Waals surface area contributed by atoms with Crippen molar-refractivity contribution in [2.75, 3.05) is 0 Å². The van der Waals surface area contributed by atoms with Gasteiger partial charge in [0.25, 0.3) is 0 Å². The van der Waals surface area contributed by atoms with Crippen LogP contribution in [0.1, 0.15) is 78.1 Å². The van der Waals surface area contributed by atoms with Crippen LogP contribution in [0.15, 0.2) is 0 Å². The van der Waals surface area contributed by atoms with E-state index >= 15 is 0 Å². The SMILES string of the molecule is CC1(C)CCC(NC(=O)CC2CCCCCC2)C1. The Balaban J connectivity index is 1.71. The number of nitrogens with one attached hydrogen (secondary N) is 1. The zero-order valence-corrected chi connectivity index (χ0v) is 12.1. The fraction of sp³-hybridized carbons (Fsp3) is 0.938. The van der Waals surface area contributed by atoms with Gasteiger partial charge in [0, 0.05) is 12.5 Å². The Kier molecular flexibility index (Phi) is 4.69. The maximum Gasteiger partial charge on any atom is 0.220 e. The van der Waals surface area contributed by atoms with Crippen LogP contribution in [0.5, 0.6) is 0 Å². The summed E-state index contributed by atoms with van der Waals surface area (Å²) >= 11 is 0. The van der Waals surface area contributed by atoms with Gasteiger partial charge in [0.15, 0.2) is 0 Å². The van der Waals surface area contributed by atoms with Crippen LogP contribution in [0, 0.1) is 11.3 Å². The summed E-state index contributed by atoms with van der Waals surface area (Å²) < 4.78 is 0. The highest BCUT2D eigenvalue weighted by Gasteiger charge is 2.31. The second-order valence-electron chi connectivity index (χ2n) is 7.23. The molecule has 2 heteroatoms. The normalized spacial score (nSPS) is 28.9. The van der Waals surface area contributed by atoms with Gasteiger partial charge in [-0.2, -0.15) is 0 Å². The first-order valence-electron chi connectivity index (χ1n) is 7.84. The molecule has 2 nitrogen and oxygen atoms in total. The van der Waals surface area contributed by atoms with Gasteiger partial charge in [0.2, 0.25) is 5.91 Å². The first-order valence-corrected chi connectivity index (χ1v) is 7.84. The first kappa shape index (κ1) is 13.9. The molecule has 2 rings (SSSR count). The molecule has 0 aliphatic heterocycles. The standard InChI is InChI=1S/C16H29NO/c1-16(2)10-9-14(12-16)17-15(18)11-13-7-5-3-4-6-8-13/h13-14H,3-12H2,1-2H3,(H,17,18). The summed E-state index contributed by atoms with van der Waals surface area (Å²) in [5, 5.41) is 3.26. The summed E-state index contributed by atoms with van der Waals surface area (Å²) in [4.78, 5) is 12.1. The Labute approximate surface area is 112 Å². The van der Waals surface area contributed by atoms with Gasteiger partial charge in [0.1, 0.15) is 0 Å². The lowest BCUT2D eigenvalue weighted by Gasteiger charge is -2.19. The molecule has 1 N–H and O–H groups in total. The van der Waals surface area contributed by atoms with Crippen molar-refractivity contribution in [3.63, 3.8) is 0 Å². The number of hydrogen-bond acceptors (Lipinski definition) is 1. The van der Waals surface area contributed by atoms with Crippen molar-refractivity contribution < 1.29 is 4.79 Å². The molecular weight excluding hydrogens is 222 g/mol. The molecule has 0 spiro atoms. The highest BCUT2D eigenvalue weighted by Crippen LogP contribution is 2.37. The molecule has 1 amide bonds. The summed E-state index contributed by atoms with van der Waals surface area (Å²) in [7, 11) is 0. The van der Waals surface area contributed by atoms with Crippen LogP contribution in [0.3, 0.4) is 0 Å². The van der Waals surface area contributed by atoms with Crippen LogP contribution in [-0.2, 0) is 4.79 Å². The van der Waals surface area contributed by atoms with Gasteiger partial charge in [-0.05, 0) is 43.4 Å². The Morgan fingerprint density at radius 3 is 2.33 bits per heavy atom. The van der Waals surface area contributed by atoms with Gasteiger partial charge in [-0.3, -0.25) is 4.79 Å². The van der Waals surface area contributed by atoms with E-state index in [0.29, 0.717) is 23.3 Å². The summed E-state index contributed by atoms with van der Waals surface area (Å²) in [6, 6.07) is 0.443. The number of amides is 1. The molecule has 0 saturated heterocycles. The van der Waals surface area contributed by atoms with E-state index in [4.69, 9.17) is 0 Å². The first-order chi connectivity index (χ1) is 8.55. The van der Waals surface area contributed by atoms with Gasteiger partial charge in [-0.15, -0.1) is 0 Å².